The number of hydrogen-bond acceptors (Lipinski definition) is 2. The van der Waals surface area contributed by atoms with Crippen LogP contribution in [-0.4, -0.2) is 15.6 Å². The van der Waals surface area contributed by atoms with Crippen molar-refractivity contribution in [3.63, 3.8) is 0 Å². The summed E-state index contributed by atoms with van der Waals surface area (Å²) in [6.45, 7) is 2.02. The molecule has 1 aromatic heterocycles. The van der Waals surface area contributed by atoms with Gasteiger partial charge in [0.05, 0.1) is 17.6 Å². The molecule has 0 aliphatic rings. The lowest BCUT2D eigenvalue weighted by atomic mass is 10.1. The Bertz CT molecular complexity index is 514. The predicted octanol–water partition coefficient (Wildman–Crippen LogP) is 2.49. The summed E-state index contributed by atoms with van der Waals surface area (Å²) >= 11 is 0. The van der Waals surface area contributed by atoms with Crippen molar-refractivity contribution in [2.24, 2.45) is 7.05 Å². The van der Waals surface area contributed by atoms with Gasteiger partial charge in [-0.3, -0.25) is 9.48 Å². The Hall–Kier alpha value is -1.64. The molecule has 84 valence electrons. The Labute approximate surface area is 95.1 Å². The van der Waals surface area contributed by atoms with Crippen LogP contribution in [0.5, 0.6) is 0 Å². The van der Waals surface area contributed by atoms with Gasteiger partial charge in [0.15, 0.2) is 0 Å². The minimum absolute atomic E-state index is 0.270. The minimum Gasteiger partial charge on any atom is -0.299 e. The molecule has 0 saturated heterocycles. The SMILES string of the molecule is CCCC(=O)Cc1nn(C)c2ccccc12. The highest BCUT2D eigenvalue weighted by molar-refractivity contribution is 5.88. The maximum Gasteiger partial charge on any atom is 0.138 e. The lowest BCUT2D eigenvalue weighted by molar-refractivity contribution is -0.118. The van der Waals surface area contributed by atoms with Crippen molar-refractivity contribution in [1.29, 1.82) is 0 Å². The van der Waals surface area contributed by atoms with Crippen LogP contribution >= 0.6 is 0 Å². The molecule has 0 N–H and O–H groups in total. The number of Topliss-reactive ketones (excluding diaryl/α,β-unsaturated/α-hetero) is 1. The third-order valence-corrected chi connectivity index (χ3v) is 2.73. The third-order valence-electron chi connectivity index (χ3n) is 2.73. The summed E-state index contributed by atoms with van der Waals surface area (Å²) in [4.78, 5) is 11.6. The van der Waals surface area contributed by atoms with Gasteiger partial charge in [-0.1, -0.05) is 25.1 Å². The Balaban J connectivity index is 2.34. The molecule has 1 aromatic carbocycles. The van der Waals surface area contributed by atoms with Crippen LogP contribution in [0, 0.1) is 0 Å². The first-order valence-electron chi connectivity index (χ1n) is 5.64. The quantitative estimate of drug-likeness (QED) is 0.787. The van der Waals surface area contributed by atoms with Gasteiger partial charge in [-0.2, -0.15) is 5.10 Å². The molecule has 3 nitrogen and oxygen atoms in total. The normalized spacial score (nSPS) is 10.9. The van der Waals surface area contributed by atoms with E-state index in [4.69, 9.17) is 0 Å². The molecule has 0 bridgehead atoms. The number of nitrogens with zero attached hydrogens (tertiary/aromatic N) is 2. The van der Waals surface area contributed by atoms with Gasteiger partial charge < -0.3 is 0 Å². The van der Waals surface area contributed by atoms with E-state index in [0.717, 1.165) is 23.0 Å². The van der Waals surface area contributed by atoms with Crippen molar-refractivity contribution >= 4 is 16.7 Å². The highest BCUT2D eigenvalue weighted by Crippen LogP contribution is 2.18. The van der Waals surface area contributed by atoms with Crippen molar-refractivity contribution in [2.75, 3.05) is 0 Å². The van der Waals surface area contributed by atoms with Gasteiger partial charge in [-0.05, 0) is 12.5 Å². The second-order valence-electron chi connectivity index (χ2n) is 4.05. The topological polar surface area (TPSA) is 34.9 Å². The van der Waals surface area contributed by atoms with Gasteiger partial charge in [0.25, 0.3) is 0 Å². The summed E-state index contributed by atoms with van der Waals surface area (Å²) in [5, 5.41) is 5.50. The summed E-state index contributed by atoms with van der Waals surface area (Å²) in [6, 6.07) is 8.02. The predicted molar refractivity (Wildman–Crippen MR) is 64.3 cm³/mol. The molecular weight excluding hydrogens is 200 g/mol. The van der Waals surface area contributed by atoms with Crippen molar-refractivity contribution in [2.45, 2.75) is 26.2 Å². The fourth-order valence-electron chi connectivity index (χ4n) is 1.97. The third kappa shape index (κ3) is 1.98. The number of hydrogen-bond donors (Lipinski definition) is 0. The molecule has 0 radical (unpaired) electrons. The zero-order chi connectivity index (χ0) is 11.5. The van der Waals surface area contributed by atoms with E-state index in [1.54, 1.807) is 0 Å². The van der Waals surface area contributed by atoms with Gasteiger partial charge in [-0.25, -0.2) is 0 Å². The average Bonchev–Trinajstić information content (AvgIpc) is 2.57. The largest absolute Gasteiger partial charge is 0.299 e. The average molecular weight is 216 g/mol. The van der Waals surface area contributed by atoms with Gasteiger partial charge in [-0.15, -0.1) is 0 Å². The van der Waals surface area contributed by atoms with Crippen LogP contribution in [0.1, 0.15) is 25.5 Å². The van der Waals surface area contributed by atoms with Crippen molar-refractivity contribution in [3.05, 3.63) is 30.0 Å². The van der Waals surface area contributed by atoms with E-state index in [2.05, 4.69) is 5.10 Å². The summed E-state index contributed by atoms with van der Waals surface area (Å²) < 4.78 is 1.84. The van der Waals surface area contributed by atoms with Crippen LogP contribution in [0.2, 0.25) is 0 Å². The van der Waals surface area contributed by atoms with Gasteiger partial charge in [0.2, 0.25) is 0 Å². The Kier molecular flexibility index (Phi) is 3.04. The van der Waals surface area contributed by atoms with E-state index in [1.807, 2.05) is 42.9 Å². The number of aryl methyl sites for hydroxylation is 1. The number of benzene rings is 1. The molecular formula is C13H16N2O. The maximum atomic E-state index is 11.6. The second-order valence-corrected chi connectivity index (χ2v) is 4.05. The number of para-hydroxylation sites is 1. The standard InChI is InChI=1S/C13H16N2O/c1-3-6-10(16)9-12-11-7-4-5-8-13(11)15(2)14-12/h4-5,7-8H,3,6,9H2,1-2H3. The first-order chi connectivity index (χ1) is 7.72. The van der Waals surface area contributed by atoms with E-state index in [1.165, 1.54) is 0 Å². The lowest BCUT2D eigenvalue weighted by Gasteiger charge is -1.95. The molecule has 3 heteroatoms. The first kappa shape index (κ1) is 10.9. The van der Waals surface area contributed by atoms with E-state index >= 15 is 0 Å². The molecule has 16 heavy (non-hydrogen) atoms. The zero-order valence-electron chi connectivity index (χ0n) is 9.73. The smallest absolute Gasteiger partial charge is 0.138 e. The zero-order valence-corrected chi connectivity index (χ0v) is 9.73. The number of rotatable bonds is 4. The fourth-order valence-corrected chi connectivity index (χ4v) is 1.97. The summed E-state index contributed by atoms with van der Waals surface area (Å²) in [6.07, 6.45) is 2.00. The Morgan fingerprint density at radius 2 is 2.12 bits per heavy atom. The molecule has 0 aliphatic heterocycles. The molecule has 2 rings (SSSR count). The molecule has 2 aromatic rings. The van der Waals surface area contributed by atoms with Crippen LogP contribution in [0.3, 0.4) is 0 Å². The molecule has 1 heterocycles. The summed E-state index contributed by atoms with van der Waals surface area (Å²) in [5.41, 5.74) is 1.98. The molecule has 0 spiro atoms. The van der Waals surface area contributed by atoms with Crippen LogP contribution < -0.4 is 0 Å². The molecule has 0 aliphatic carbocycles. The van der Waals surface area contributed by atoms with E-state index < -0.39 is 0 Å². The summed E-state index contributed by atoms with van der Waals surface area (Å²) in [7, 11) is 1.91. The number of aromatic nitrogens is 2. The van der Waals surface area contributed by atoms with Crippen molar-refractivity contribution in [1.82, 2.24) is 9.78 Å². The molecule has 0 saturated carbocycles. The van der Waals surface area contributed by atoms with Gasteiger partial charge in [0, 0.05) is 18.9 Å². The second kappa shape index (κ2) is 4.47. The van der Waals surface area contributed by atoms with E-state index in [9.17, 15) is 4.79 Å². The molecule has 0 fully saturated rings. The summed E-state index contributed by atoms with van der Waals surface area (Å²) in [5.74, 6) is 0.270. The van der Waals surface area contributed by atoms with Crippen molar-refractivity contribution < 1.29 is 4.79 Å². The van der Waals surface area contributed by atoms with Crippen LogP contribution in [-0.2, 0) is 18.3 Å². The Morgan fingerprint density at radius 1 is 1.38 bits per heavy atom. The highest BCUT2D eigenvalue weighted by Gasteiger charge is 2.11. The van der Waals surface area contributed by atoms with Crippen LogP contribution in [0.4, 0.5) is 0 Å². The van der Waals surface area contributed by atoms with E-state index in [0.29, 0.717) is 12.8 Å². The minimum atomic E-state index is 0.270. The molecule has 0 atom stereocenters. The fraction of sp³-hybridized carbons (Fsp3) is 0.385. The number of ketones is 1. The monoisotopic (exact) mass is 216 g/mol. The van der Waals surface area contributed by atoms with E-state index in [-0.39, 0.29) is 5.78 Å². The van der Waals surface area contributed by atoms with Crippen LogP contribution in [0.25, 0.3) is 10.9 Å². The van der Waals surface area contributed by atoms with Gasteiger partial charge in [0.1, 0.15) is 5.78 Å². The van der Waals surface area contributed by atoms with Crippen LogP contribution in [0.15, 0.2) is 24.3 Å². The Morgan fingerprint density at radius 3 is 2.88 bits per heavy atom. The first-order valence-corrected chi connectivity index (χ1v) is 5.64. The number of fused-ring (bicyclic) bond motifs is 1. The number of carbonyl (C=O) groups excluding carboxylic acids is 1. The molecule has 0 amide bonds. The lowest BCUT2D eigenvalue weighted by Crippen LogP contribution is -2.03. The molecule has 0 unspecified atom stereocenters. The van der Waals surface area contributed by atoms with Crippen molar-refractivity contribution in [3.8, 4) is 0 Å². The highest BCUT2D eigenvalue weighted by atomic mass is 16.1. The number of carbonyl (C=O) groups is 1. The maximum absolute atomic E-state index is 11.6. The van der Waals surface area contributed by atoms with Gasteiger partial charge >= 0.3 is 0 Å².